The number of aliphatic carboxylic acids is 1. The molecular formula is C47H71N3O6. The molecule has 1 amide bonds. The number of Topliss-reactive ketones (excluding diaryl/α,β-unsaturated/α-hetero) is 1. The summed E-state index contributed by atoms with van der Waals surface area (Å²) in [6.07, 6.45) is 12.8. The number of carboxylic acids is 1. The van der Waals surface area contributed by atoms with Crippen molar-refractivity contribution in [1.29, 1.82) is 0 Å². The fourth-order valence-electron chi connectivity index (χ4n) is 13.6. The summed E-state index contributed by atoms with van der Waals surface area (Å²) in [6.45, 7) is 21.3. The Morgan fingerprint density at radius 2 is 1.68 bits per heavy atom. The normalized spacial score (nSPS) is 35.1. The molecule has 310 valence electrons. The van der Waals surface area contributed by atoms with E-state index in [9.17, 15) is 24.3 Å². The van der Waals surface area contributed by atoms with E-state index in [0.29, 0.717) is 49.6 Å². The zero-order valence-electron chi connectivity index (χ0n) is 36.4. The Morgan fingerprint density at radius 1 is 0.964 bits per heavy atom. The standard InChI is InChI=1S/C47H71N3O6/c1-30(2)39-33(51)25-47(22-24-50(37(52)29-49(10)11)28-31-13-12-23-48-27-31)21-20-45(8)32(40(39)47)14-15-35-44(7)18-17-36(56-38(53)26-42(3,4)41(54)55)43(5,6)34(44)16-19-46(35,45)9/h12-13,23,27,30,32,34-36H,14-22,24-26,28-29H2,1-11H3,(H,54,55)/t32-,34+,35-,36+,44+,45-,46-,47-/m1/s1. The monoisotopic (exact) mass is 774 g/mol. The molecule has 1 heterocycles. The van der Waals surface area contributed by atoms with E-state index in [4.69, 9.17) is 4.74 Å². The van der Waals surface area contributed by atoms with Crippen molar-refractivity contribution in [2.24, 2.45) is 56.2 Å². The minimum atomic E-state index is -1.17. The lowest BCUT2D eigenvalue weighted by Gasteiger charge is -2.72. The van der Waals surface area contributed by atoms with E-state index in [1.165, 1.54) is 5.57 Å². The maximum atomic E-state index is 14.3. The highest BCUT2D eigenvalue weighted by Gasteiger charge is 2.70. The van der Waals surface area contributed by atoms with E-state index in [1.807, 2.05) is 42.2 Å². The maximum Gasteiger partial charge on any atom is 0.309 e. The lowest BCUT2D eigenvalue weighted by atomic mass is 9.33. The predicted molar refractivity (Wildman–Crippen MR) is 218 cm³/mol. The number of ether oxygens (including phenoxy) is 1. The first kappa shape index (κ1) is 42.5. The Bertz CT molecular complexity index is 1730. The summed E-state index contributed by atoms with van der Waals surface area (Å²) in [5.41, 5.74) is 2.08. The number of allylic oxidation sites excluding steroid dienone is 2. The highest BCUT2D eigenvalue weighted by atomic mass is 16.5. The van der Waals surface area contributed by atoms with Crippen LogP contribution < -0.4 is 0 Å². The molecule has 1 N–H and O–H groups in total. The van der Waals surface area contributed by atoms with Crippen molar-refractivity contribution in [2.45, 2.75) is 146 Å². The molecule has 4 saturated carbocycles. The minimum absolute atomic E-state index is 0.0273. The van der Waals surface area contributed by atoms with Gasteiger partial charge < -0.3 is 19.6 Å². The van der Waals surface area contributed by atoms with Crippen LogP contribution in [0, 0.1) is 56.2 Å². The summed E-state index contributed by atoms with van der Waals surface area (Å²) in [7, 11) is 3.87. The van der Waals surface area contributed by atoms with Crippen LogP contribution in [0.3, 0.4) is 0 Å². The highest BCUT2D eigenvalue weighted by Crippen LogP contribution is 2.77. The van der Waals surface area contributed by atoms with Crippen LogP contribution in [0.25, 0.3) is 0 Å². The topological polar surface area (TPSA) is 117 Å². The van der Waals surface area contributed by atoms with E-state index in [-0.39, 0.29) is 51.4 Å². The van der Waals surface area contributed by atoms with Crippen molar-refractivity contribution in [3.63, 3.8) is 0 Å². The van der Waals surface area contributed by atoms with Gasteiger partial charge in [-0.05, 0) is 143 Å². The molecule has 0 saturated heterocycles. The van der Waals surface area contributed by atoms with Crippen molar-refractivity contribution in [3.8, 4) is 0 Å². The lowest BCUT2D eigenvalue weighted by molar-refractivity contribution is -0.233. The average molecular weight is 774 g/mol. The van der Waals surface area contributed by atoms with Crippen molar-refractivity contribution in [2.75, 3.05) is 27.2 Å². The number of pyridine rings is 1. The number of hydrogen-bond acceptors (Lipinski definition) is 7. The fraction of sp³-hybridized carbons (Fsp3) is 0.766. The van der Waals surface area contributed by atoms with Gasteiger partial charge >= 0.3 is 11.9 Å². The molecule has 1 aromatic heterocycles. The molecule has 9 heteroatoms. The largest absolute Gasteiger partial charge is 0.481 e. The molecule has 0 aromatic carbocycles. The molecule has 1 aromatic rings. The van der Waals surface area contributed by atoms with Crippen molar-refractivity contribution in [3.05, 3.63) is 41.2 Å². The first-order valence-corrected chi connectivity index (χ1v) is 21.5. The molecule has 0 aliphatic heterocycles. The zero-order chi connectivity index (χ0) is 41.2. The van der Waals surface area contributed by atoms with Crippen LogP contribution in [0.15, 0.2) is 35.7 Å². The highest BCUT2D eigenvalue weighted by molar-refractivity contribution is 6.00. The second-order valence-electron chi connectivity index (χ2n) is 21.3. The fourth-order valence-corrected chi connectivity index (χ4v) is 13.6. The Hall–Kier alpha value is -3.07. The number of hydrogen-bond donors (Lipinski definition) is 1. The van der Waals surface area contributed by atoms with E-state index >= 15 is 0 Å². The van der Waals surface area contributed by atoms with Crippen molar-refractivity contribution < 1.29 is 29.0 Å². The molecule has 4 fully saturated rings. The lowest BCUT2D eigenvalue weighted by Crippen LogP contribution is -2.65. The Labute approximate surface area is 336 Å². The van der Waals surface area contributed by atoms with E-state index in [2.05, 4.69) is 53.5 Å². The third-order valence-corrected chi connectivity index (χ3v) is 16.7. The molecule has 9 nitrogen and oxygen atoms in total. The number of nitrogens with zero attached hydrogens (tertiary/aromatic N) is 3. The van der Waals surface area contributed by atoms with Crippen LogP contribution in [0.5, 0.6) is 0 Å². The number of amides is 1. The molecule has 5 aliphatic carbocycles. The maximum absolute atomic E-state index is 14.3. The third kappa shape index (κ3) is 7.08. The number of carboxylic acid groups (broad SMARTS) is 1. The predicted octanol–water partition coefficient (Wildman–Crippen LogP) is 8.76. The molecular weight excluding hydrogens is 703 g/mol. The Kier molecular flexibility index (Phi) is 11.4. The SMILES string of the molecule is CC(C)C1=C2[C@H]3CC[C@@H]4[C@@]5(C)CC[C@H](OC(=O)CC(C)(C)C(=O)O)C(C)(C)[C@@H]5CC[C@@]4(C)[C@]3(C)CC[C@@]2(CCN(Cc2cccnc2)C(=O)CN(C)C)CC1=O. The minimum Gasteiger partial charge on any atom is -0.481 e. The van der Waals surface area contributed by atoms with Crippen LogP contribution in [0.2, 0.25) is 0 Å². The van der Waals surface area contributed by atoms with Gasteiger partial charge in [0.25, 0.3) is 0 Å². The van der Waals surface area contributed by atoms with Crippen molar-refractivity contribution in [1.82, 2.24) is 14.8 Å². The Morgan fingerprint density at radius 3 is 2.30 bits per heavy atom. The summed E-state index contributed by atoms with van der Waals surface area (Å²) in [5, 5.41) is 9.64. The summed E-state index contributed by atoms with van der Waals surface area (Å²) in [5.74, 6) is 0.377. The molecule has 56 heavy (non-hydrogen) atoms. The molecule has 0 radical (unpaired) electrons. The van der Waals surface area contributed by atoms with Gasteiger partial charge in [-0.15, -0.1) is 0 Å². The van der Waals surface area contributed by atoms with Gasteiger partial charge in [0.2, 0.25) is 5.91 Å². The molecule has 0 unspecified atom stereocenters. The van der Waals surface area contributed by atoms with Crippen LogP contribution in [-0.4, -0.2) is 76.8 Å². The molecule has 5 aliphatic rings. The van der Waals surface area contributed by atoms with Gasteiger partial charge in [0.15, 0.2) is 5.78 Å². The number of carbonyl (C=O) groups excluding carboxylic acids is 3. The molecule has 6 rings (SSSR count). The van der Waals surface area contributed by atoms with E-state index < -0.39 is 17.4 Å². The first-order valence-electron chi connectivity index (χ1n) is 21.5. The van der Waals surface area contributed by atoms with Gasteiger partial charge in [-0.25, -0.2) is 0 Å². The molecule has 0 bridgehead atoms. The van der Waals surface area contributed by atoms with Gasteiger partial charge in [0.1, 0.15) is 6.10 Å². The first-order chi connectivity index (χ1) is 26.0. The Balaban J connectivity index is 1.28. The summed E-state index contributed by atoms with van der Waals surface area (Å²) in [4.78, 5) is 61.2. The van der Waals surface area contributed by atoms with Crippen LogP contribution in [0.1, 0.15) is 139 Å². The summed E-state index contributed by atoms with van der Waals surface area (Å²) in [6, 6.07) is 3.96. The van der Waals surface area contributed by atoms with E-state index in [1.54, 1.807) is 20.0 Å². The second kappa shape index (κ2) is 14.9. The van der Waals surface area contributed by atoms with Gasteiger partial charge in [0.05, 0.1) is 18.4 Å². The zero-order valence-corrected chi connectivity index (χ0v) is 36.4. The number of esters is 1. The molecule has 8 atom stereocenters. The molecule has 0 spiro atoms. The second-order valence-corrected chi connectivity index (χ2v) is 21.3. The number of fused-ring (bicyclic) bond motifs is 7. The van der Waals surface area contributed by atoms with Gasteiger partial charge in [-0.3, -0.25) is 24.2 Å². The van der Waals surface area contributed by atoms with Gasteiger partial charge in [0, 0.05) is 42.7 Å². The van der Waals surface area contributed by atoms with Gasteiger partial charge in [-0.1, -0.05) is 60.1 Å². The number of aromatic nitrogens is 1. The number of likely N-dealkylation sites (N-methyl/N-ethyl adjacent to an activating group) is 1. The average Bonchev–Trinajstić information content (AvgIpc) is 3.40. The number of ketones is 1. The quantitative estimate of drug-likeness (QED) is 0.210. The van der Waals surface area contributed by atoms with Crippen molar-refractivity contribution >= 4 is 23.6 Å². The number of rotatable bonds is 12. The summed E-state index contributed by atoms with van der Waals surface area (Å²) < 4.78 is 6.19. The van der Waals surface area contributed by atoms with E-state index in [0.717, 1.165) is 68.9 Å². The van der Waals surface area contributed by atoms with Crippen LogP contribution >= 0.6 is 0 Å². The third-order valence-electron chi connectivity index (χ3n) is 16.7. The van der Waals surface area contributed by atoms with Gasteiger partial charge in [-0.2, -0.15) is 0 Å². The smallest absolute Gasteiger partial charge is 0.309 e. The van der Waals surface area contributed by atoms with Crippen LogP contribution in [0.4, 0.5) is 0 Å². The number of carbonyl (C=O) groups is 4. The van der Waals surface area contributed by atoms with Crippen LogP contribution in [-0.2, 0) is 30.5 Å². The summed E-state index contributed by atoms with van der Waals surface area (Å²) >= 11 is 0.